The summed E-state index contributed by atoms with van der Waals surface area (Å²) in [5, 5.41) is 0. The molecular formula is C15H26N+. The predicted octanol–water partition coefficient (Wildman–Crippen LogP) is 3.51. The molecule has 3 rings (SSSR count). The summed E-state index contributed by atoms with van der Waals surface area (Å²) in [4.78, 5) is 0. The molecule has 1 saturated heterocycles. The van der Waals surface area contributed by atoms with Gasteiger partial charge >= 0.3 is 0 Å². The van der Waals surface area contributed by atoms with Gasteiger partial charge < -0.3 is 4.48 Å². The first kappa shape index (κ1) is 10.8. The quantitative estimate of drug-likeness (QED) is 0.433. The molecule has 0 amide bonds. The molecule has 0 N–H and O–H groups in total. The third kappa shape index (κ3) is 1.27. The molecule has 0 spiro atoms. The summed E-state index contributed by atoms with van der Waals surface area (Å²) in [6, 6.07) is 0. The Labute approximate surface area is 100 Å². The number of rotatable bonds is 0. The van der Waals surface area contributed by atoms with E-state index >= 15 is 0 Å². The molecule has 1 unspecified atom stereocenters. The fourth-order valence-electron chi connectivity index (χ4n) is 4.92. The Morgan fingerprint density at radius 3 is 2.75 bits per heavy atom. The van der Waals surface area contributed by atoms with Crippen molar-refractivity contribution in [2.75, 3.05) is 20.1 Å². The minimum Gasteiger partial charge on any atom is -0.317 e. The fourth-order valence-corrected chi connectivity index (χ4v) is 4.92. The molecule has 0 saturated carbocycles. The molecule has 2 heterocycles. The lowest BCUT2D eigenvalue weighted by Gasteiger charge is -2.51. The molecule has 0 bridgehead atoms. The van der Waals surface area contributed by atoms with Crippen molar-refractivity contribution in [2.24, 2.45) is 5.92 Å². The Morgan fingerprint density at radius 2 is 1.94 bits per heavy atom. The minimum absolute atomic E-state index is 0.507. The number of nitrogens with zero attached hydrogens (tertiary/aromatic N) is 1. The van der Waals surface area contributed by atoms with Gasteiger partial charge in [0.05, 0.1) is 20.1 Å². The Kier molecular flexibility index (Phi) is 2.27. The van der Waals surface area contributed by atoms with E-state index in [0.29, 0.717) is 5.54 Å². The highest BCUT2D eigenvalue weighted by atomic mass is 15.4. The molecule has 3 aliphatic rings. The minimum atomic E-state index is 0.507. The van der Waals surface area contributed by atoms with Crippen molar-refractivity contribution in [3.8, 4) is 0 Å². The Hall–Kier alpha value is -0.300. The molecule has 3 atom stereocenters. The number of likely N-dealkylation sites (N-methyl/N-ethyl adjacent to an activating group) is 1. The second-order valence-corrected chi connectivity index (χ2v) is 6.92. The van der Waals surface area contributed by atoms with Crippen molar-refractivity contribution < 1.29 is 4.48 Å². The normalized spacial score (nSPS) is 47.8. The van der Waals surface area contributed by atoms with E-state index in [1.54, 1.807) is 0 Å². The summed E-state index contributed by atoms with van der Waals surface area (Å²) >= 11 is 0. The first-order chi connectivity index (χ1) is 7.55. The first-order valence-electron chi connectivity index (χ1n) is 7.11. The molecule has 1 nitrogen and oxygen atoms in total. The van der Waals surface area contributed by atoms with Crippen molar-refractivity contribution >= 4 is 0 Å². The maximum Gasteiger partial charge on any atom is 0.118 e. The molecule has 2 aliphatic heterocycles. The summed E-state index contributed by atoms with van der Waals surface area (Å²) in [6.07, 6.45) is 8.55. The van der Waals surface area contributed by atoms with Gasteiger partial charge in [0, 0.05) is 18.8 Å². The zero-order valence-corrected chi connectivity index (χ0v) is 11.2. The van der Waals surface area contributed by atoms with Gasteiger partial charge in [-0.15, -0.1) is 0 Å². The highest BCUT2D eigenvalue weighted by Gasteiger charge is 2.56. The molecule has 16 heavy (non-hydrogen) atoms. The van der Waals surface area contributed by atoms with E-state index in [0.717, 1.165) is 5.92 Å². The highest BCUT2D eigenvalue weighted by Crippen LogP contribution is 2.51. The van der Waals surface area contributed by atoms with E-state index in [9.17, 15) is 0 Å². The summed E-state index contributed by atoms with van der Waals surface area (Å²) in [5.41, 5.74) is 4.25. The first-order valence-corrected chi connectivity index (χ1v) is 7.11. The van der Waals surface area contributed by atoms with Gasteiger partial charge in [-0.25, -0.2) is 0 Å². The van der Waals surface area contributed by atoms with Gasteiger partial charge in [-0.1, -0.05) is 12.5 Å². The van der Waals surface area contributed by atoms with E-state index in [2.05, 4.69) is 20.9 Å². The standard InChI is InChI=1S/C15H26N/c1-12-10-15(2)14-7-5-4-6-13(14)8-9-16(15,3)11-12/h12H,4-11H2,1-3H3/q+1/t12-,15+,16?/m0/s1. The topological polar surface area (TPSA) is 0 Å². The van der Waals surface area contributed by atoms with Crippen LogP contribution in [0.1, 0.15) is 52.4 Å². The van der Waals surface area contributed by atoms with Crippen molar-refractivity contribution in [3.63, 3.8) is 0 Å². The smallest absolute Gasteiger partial charge is 0.118 e. The molecule has 1 heteroatoms. The largest absolute Gasteiger partial charge is 0.317 e. The van der Waals surface area contributed by atoms with Crippen LogP contribution in [0.25, 0.3) is 0 Å². The van der Waals surface area contributed by atoms with E-state index < -0.39 is 0 Å². The van der Waals surface area contributed by atoms with E-state index in [-0.39, 0.29) is 0 Å². The van der Waals surface area contributed by atoms with Crippen LogP contribution in [0.3, 0.4) is 0 Å². The van der Waals surface area contributed by atoms with Crippen LogP contribution in [0.5, 0.6) is 0 Å². The van der Waals surface area contributed by atoms with Crippen LogP contribution in [-0.4, -0.2) is 30.2 Å². The van der Waals surface area contributed by atoms with Gasteiger partial charge in [-0.2, -0.15) is 0 Å². The zero-order valence-electron chi connectivity index (χ0n) is 11.2. The number of quaternary nitrogens is 1. The van der Waals surface area contributed by atoms with Crippen molar-refractivity contribution in [1.82, 2.24) is 0 Å². The summed E-state index contributed by atoms with van der Waals surface area (Å²) < 4.78 is 1.34. The van der Waals surface area contributed by atoms with Crippen molar-refractivity contribution in [1.29, 1.82) is 0 Å². The van der Waals surface area contributed by atoms with Crippen LogP contribution < -0.4 is 0 Å². The molecule has 0 aromatic rings. The molecule has 90 valence electrons. The third-order valence-corrected chi connectivity index (χ3v) is 5.79. The summed E-state index contributed by atoms with van der Waals surface area (Å²) in [6.45, 7) is 7.83. The van der Waals surface area contributed by atoms with Crippen LogP contribution in [-0.2, 0) is 0 Å². The van der Waals surface area contributed by atoms with Crippen LogP contribution in [0.15, 0.2) is 11.1 Å². The lowest BCUT2D eigenvalue weighted by Crippen LogP contribution is -2.60. The van der Waals surface area contributed by atoms with Crippen molar-refractivity contribution in [2.45, 2.75) is 57.9 Å². The number of fused-ring (bicyclic) bond motifs is 2. The van der Waals surface area contributed by atoms with Gasteiger partial charge in [0.25, 0.3) is 0 Å². The monoisotopic (exact) mass is 220 g/mol. The second kappa shape index (κ2) is 3.35. The number of hydrogen-bond acceptors (Lipinski definition) is 0. The van der Waals surface area contributed by atoms with E-state index in [1.807, 2.05) is 11.1 Å². The number of hydrogen-bond donors (Lipinski definition) is 0. The SMILES string of the molecule is C[C@H]1C[C@]2(C)C3=C(CCCC3)CC[N+]2(C)C1. The van der Waals surface area contributed by atoms with Crippen LogP contribution in [0.4, 0.5) is 0 Å². The maximum absolute atomic E-state index is 2.57. The molecule has 0 aromatic heterocycles. The molecule has 1 aliphatic carbocycles. The molecule has 0 aromatic carbocycles. The Balaban J connectivity index is 2.06. The maximum atomic E-state index is 2.57. The Morgan fingerprint density at radius 1 is 1.19 bits per heavy atom. The highest BCUT2D eigenvalue weighted by molar-refractivity contribution is 5.29. The third-order valence-electron chi connectivity index (χ3n) is 5.79. The van der Waals surface area contributed by atoms with Gasteiger partial charge in [0.1, 0.15) is 5.54 Å². The van der Waals surface area contributed by atoms with Crippen LogP contribution in [0, 0.1) is 5.92 Å². The van der Waals surface area contributed by atoms with Gasteiger partial charge in [0.15, 0.2) is 0 Å². The lowest BCUT2D eigenvalue weighted by atomic mass is 9.73. The average Bonchev–Trinajstić information content (AvgIpc) is 2.49. The average molecular weight is 220 g/mol. The van der Waals surface area contributed by atoms with Crippen LogP contribution >= 0.6 is 0 Å². The summed E-state index contributed by atoms with van der Waals surface area (Å²) in [7, 11) is 2.52. The molecule has 0 radical (unpaired) electrons. The molecule has 1 fully saturated rings. The Bertz CT molecular complexity index is 343. The van der Waals surface area contributed by atoms with Crippen LogP contribution in [0.2, 0.25) is 0 Å². The molecular weight excluding hydrogens is 194 g/mol. The zero-order chi connectivity index (χ0) is 11.4. The fraction of sp³-hybridized carbons (Fsp3) is 0.867. The van der Waals surface area contributed by atoms with Gasteiger partial charge in [-0.05, 0) is 38.2 Å². The van der Waals surface area contributed by atoms with Gasteiger partial charge in [-0.3, -0.25) is 0 Å². The summed E-state index contributed by atoms with van der Waals surface area (Å²) in [5.74, 6) is 0.920. The predicted molar refractivity (Wildman–Crippen MR) is 68.2 cm³/mol. The van der Waals surface area contributed by atoms with Gasteiger partial charge in [0.2, 0.25) is 0 Å². The lowest BCUT2D eigenvalue weighted by molar-refractivity contribution is -0.941. The van der Waals surface area contributed by atoms with E-state index in [4.69, 9.17) is 0 Å². The van der Waals surface area contributed by atoms with E-state index in [1.165, 1.54) is 56.1 Å². The van der Waals surface area contributed by atoms with Crippen molar-refractivity contribution in [3.05, 3.63) is 11.1 Å². The second-order valence-electron chi connectivity index (χ2n) is 6.92.